The molecule has 2 atom stereocenters. The second kappa shape index (κ2) is 6.22. The van der Waals surface area contributed by atoms with Crippen LogP contribution in [0, 0.1) is 0 Å². The van der Waals surface area contributed by atoms with E-state index in [1.807, 2.05) is 13.8 Å². The normalized spacial score (nSPS) is 26.7. The number of benzene rings is 1. The van der Waals surface area contributed by atoms with E-state index < -0.39 is 10.0 Å². The summed E-state index contributed by atoms with van der Waals surface area (Å²) in [7, 11) is -3.53. The van der Waals surface area contributed by atoms with Crippen LogP contribution >= 0.6 is 0 Å². The quantitative estimate of drug-likeness (QED) is 0.840. The Hall–Kier alpha value is -1.44. The van der Waals surface area contributed by atoms with Crippen LogP contribution in [0.25, 0.3) is 0 Å². The van der Waals surface area contributed by atoms with E-state index in [0.717, 1.165) is 12.1 Å². The minimum Gasteiger partial charge on any atom is -0.373 e. The predicted octanol–water partition coefficient (Wildman–Crippen LogP) is 1.61. The van der Waals surface area contributed by atoms with Gasteiger partial charge in [-0.25, -0.2) is 8.42 Å². The van der Waals surface area contributed by atoms with E-state index in [-0.39, 0.29) is 23.0 Å². The molecule has 1 amide bonds. The van der Waals surface area contributed by atoms with Gasteiger partial charge in [0.25, 0.3) is 0 Å². The van der Waals surface area contributed by atoms with Crippen LogP contribution in [0.1, 0.15) is 26.7 Å². The van der Waals surface area contributed by atoms with Gasteiger partial charge in [-0.2, -0.15) is 4.31 Å². The molecule has 2 aliphatic heterocycles. The van der Waals surface area contributed by atoms with Crippen LogP contribution in [-0.4, -0.2) is 50.5 Å². The fourth-order valence-electron chi connectivity index (χ4n) is 3.20. The van der Waals surface area contributed by atoms with E-state index in [1.54, 1.807) is 29.2 Å². The van der Waals surface area contributed by atoms with Crippen molar-refractivity contribution in [2.24, 2.45) is 0 Å². The number of hydrogen-bond acceptors (Lipinski definition) is 4. The first-order valence-corrected chi connectivity index (χ1v) is 9.38. The lowest BCUT2D eigenvalue weighted by Gasteiger charge is -2.34. The maximum absolute atomic E-state index is 12.8. The SMILES string of the molecule is C[C@@H]1CN(S(=O)(=O)c2ccc(N3CCCC3=O)cc2)C[C@H](C)O1. The van der Waals surface area contributed by atoms with Crippen molar-refractivity contribution in [2.45, 2.75) is 43.8 Å². The lowest BCUT2D eigenvalue weighted by atomic mass is 10.3. The van der Waals surface area contributed by atoms with Gasteiger partial charge < -0.3 is 9.64 Å². The van der Waals surface area contributed by atoms with Gasteiger partial charge in [0, 0.05) is 31.7 Å². The molecule has 2 saturated heterocycles. The molecule has 23 heavy (non-hydrogen) atoms. The van der Waals surface area contributed by atoms with Crippen molar-refractivity contribution >= 4 is 21.6 Å². The van der Waals surface area contributed by atoms with Crippen molar-refractivity contribution < 1.29 is 17.9 Å². The molecule has 1 aromatic carbocycles. The second-order valence-electron chi connectivity index (χ2n) is 6.22. The molecule has 0 N–H and O–H groups in total. The van der Waals surface area contributed by atoms with Gasteiger partial charge >= 0.3 is 0 Å². The third-order valence-electron chi connectivity index (χ3n) is 4.25. The van der Waals surface area contributed by atoms with Crippen molar-refractivity contribution in [1.82, 2.24) is 4.31 Å². The van der Waals surface area contributed by atoms with Gasteiger partial charge in [-0.15, -0.1) is 0 Å². The minimum atomic E-state index is -3.53. The van der Waals surface area contributed by atoms with Crippen LogP contribution in [-0.2, 0) is 19.6 Å². The Morgan fingerprint density at radius 1 is 1.09 bits per heavy atom. The highest BCUT2D eigenvalue weighted by molar-refractivity contribution is 7.89. The van der Waals surface area contributed by atoms with Crippen molar-refractivity contribution in [2.75, 3.05) is 24.5 Å². The van der Waals surface area contributed by atoms with Gasteiger partial charge in [0.2, 0.25) is 15.9 Å². The fraction of sp³-hybridized carbons (Fsp3) is 0.562. The third kappa shape index (κ3) is 3.27. The Kier molecular flexibility index (Phi) is 4.44. The number of hydrogen-bond donors (Lipinski definition) is 0. The van der Waals surface area contributed by atoms with Gasteiger partial charge in [0.1, 0.15) is 0 Å². The lowest BCUT2D eigenvalue weighted by molar-refractivity contribution is -0.117. The molecule has 0 unspecified atom stereocenters. The lowest BCUT2D eigenvalue weighted by Crippen LogP contribution is -2.48. The summed E-state index contributed by atoms with van der Waals surface area (Å²) in [5.74, 6) is 0.0939. The zero-order valence-electron chi connectivity index (χ0n) is 13.4. The van der Waals surface area contributed by atoms with E-state index in [4.69, 9.17) is 4.74 Å². The Labute approximate surface area is 137 Å². The Balaban J connectivity index is 1.81. The first-order chi connectivity index (χ1) is 10.9. The average Bonchev–Trinajstić information content (AvgIpc) is 2.92. The van der Waals surface area contributed by atoms with Gasteiger partial charge in [-0.3, -0.25) is 4.79 Å². The van der Waals surface area contributed by atoms with Gasteiger partial charge in [-0.05, 0) is 44.5 Å². The summed E-state index contributed by atoms with van der Waals surface area (Å²) in [5, 5.41) is 0. The number of carbonyl (C=O) groups excluding carboxylic acids is 1. The van der Waals surface area contributed by atoms with E-state index in [2.05, 4.69) is 0 Å². The molecule has 2 heterocycles. The number of rotatable bonds is 3. The standard InChI is InChI=1S/C16H22N2O4S/c1-12-10-17(11-13(2)22-12)23(20,21)15-7-5-14(6-8-15)18-9-3-4-16(18)19/h5-8,12-13H,3-4,9-11H2,1-2H3/t12-,13+. The predicted molar refractivity (Wildman–Crippen MR) is 86.8 cm³/mol. The third-order valence-corrected chi connectivity index (χ3v) is 6.09. The highest BCUT2D eigenvalue weighted by atomic mass is 32.2. The first kappa shape index (κ1) is 16.4. The molecule has 0 spiro atoms. The van der Waals surface area contributed by atoms with Crippen molar-refractivity contribution in [1.29, 1.82) is 0 Å². The maximum atomic E-state index is 12.8. The number of amides is 1. The number of sulfonamides is 1. The first-order valence-electron chi connectivity index (χ1n) is 7.94. The van der Waals surface area contributed by atoms with Crippen LogP contribution in [0.5, 0.6) is 0 Å². The fourth-order valence-corrected chi connectivity index (χ4v) is 4.79. The summed E-state index contributed by atoms with van der Waals surface area (Å²) in [6.45, 7) is 5.17. The molecule has 2 aliphatic rings. The molecule has 3 rings (SSSR count). The van der Waals surface area contributed by atoms with Crippen molar-refractivity contribution in [3.63, 3.8) is 0 Å². The van der Waals surface area contributed by atoms with E-state index >= 15 is 0 Å². The summed E-state index contributed by atoms with van der Waals surface area (Å²) < 4.78 is 32.6. The number of morpholine rings is 1. The molecule has 7 heteroatoms. The minimum absolute atomic E-state index is 0.0939. The van der Waals surface area contributed by atoms with Gasteiger partial charge in [0.15, 0.2) is 0 Å². The van der Waals surface area contributed by atoms with Gasteiger partial charge in [-0.1, -0.05) is 0 Å². The molecule has 2 fully saturated rings. The van der Waals surface area contributed by atoms with Crippen LogP contribution in [0.3, 0.4) is 0 Å². The summed E-state index contributed by atoms with van der Waals surface area (Å²) in [6, 6.07) is 6.59. The van der Waals surface area contributed by atoms with Crippen molar-refractivity contribution in [3.8, 4) is 0 Å². The molecular weight excluding hydrogens is 316 g/mol. The summed E-state index contributed by atoms with van der Waals surface area (Å²) in [5.41, 5.74) is 0.759. The van der Waals surface area contributed by atoms with Crippen LogP contribution in [0.15, 0.2) is 29.2 Å². The topological polar surface area (TPSA) is 66.9 Å². The Bertz CT molecular complexity index is 677. The summed E-state index contributed by atoms with van der Waals surface area (Å²) in [4.78, 5) is 13.7. The zero-order valence-corrected chi connectivity index (χ0v) is 14.3. The number of ether oxygens (including phenoxy) is 1. The van der Waals surface area contributed by atoms with Crippen LogP contribution in [0.4, 0.5) is 5.69 Å². The molecule has 0 radical (unpaired) electrons. The molecule has 1 aromatic rings. The largest absolute Gasteiger partial charge is 0.373 e. The monoisotopic (exact) mass is 338 g/mol. The number of anilines is 1. The summed E-state index contributed by atoms with van der Waals surface area (Å²) in [6.07, 6.45) is 1.18. The van der Waals surface area contributed by atoms with E-state index in [0.29, 0.717) is 26.1 Å². The highest BCUT2D eigenvalue weighted by Gasteiger charge is 2.32. The van der Waals surface area contributed by atoms with Crippen LogP contribution < -0.4 is 4.90 Å². The molecular formula is C16H22N2O4S. The number of carbonyl (C=O) groups is 1. The maximum Gasteiger partial charge on any atom is 0.243 e. The Morgan fingerprint density at radius 3 is 2.22 bits per heavy atom. The molecule has 126 valence electrons. The van der Waals surface area contributed by atoms with Crippen LogP contribution in [0.2, 0.25) is 0 Å². The molecule has 0 aromatic heterocycles. The average molecular weight is 338 g/mol. The Morgan fingerprint density at radius 2 is 1.70 bits per heavy atom. The smallest absolute Gasteiger partial charge is 0.243 e. The van der Waals surface area contributed by atoms with Gasteiger partial charge in [0.05, 0.1) is 17.1 Å². The highest BCUT2D eigenvalue weighted by Crippen LogP contribution is 2.25. The molecule has 6 nitrogen and oxygen atoms in total. The van der Waals surface area contributed by atoms with E-state index in [1.165, 1.54) is 4.31 Å². The summed E-state index contributed by atoms with van der Waals surface area (Å²) >= 11 is 0. The van der Waals surface area contributed by atoms with Crippen molar-refractivity contribution in [3.05, 3.63) is 24.3 Å². The number of nitrogens with zero attached hydrogens (tertiary/aromatic N) is 2. The van der Waals surface area contributed by atoms with E-state index in [9.17, 15) is 13.2 Å². The zero-order chi connectivity index (χ0) is 16.6. The molecule has 0 bridgehead atoms. The molecule has 0 aliphatic carbocycles. The molecule has 0 saturated carbocycles. The second-order valence-corrected chi connectivity index (χ2v) is 8.16.